The summed E-state index contributed by atoms with van der Waals surface area (Å²) in [4.78, 5) is 0. The van der Waals surface area contributed by atoms with Crippen LogP contribution in [0.2, 0.25) is 0 Å². The van der Waals surface area contributed by atoms with Gasteiger partial charge in [-0.1, -0.05) is 24.8 Å². The molecule has 15 heavy (non-hydrogen) atoms. The zero-order valence-electron chi connectivity index (χ0n) is 9.41. The van der Waals surface area contributed by atoms with Gasteiger partial charge in [0.25, 0.3) is 0 Å². The Kier molecular flexibility index (Phi) is 4.30. The van der Waals surface area contributed by atoms with Crippen LogP contribution >= 0.6 is 0 Å². The van der Waals surface area contributed by atoms with Gasteiger partial charge in [0.1, 0.15) is 6.10 Å². The molecule has 1 unspecified atom stereocenters. The van der Waals surface area contributed by atoms with Crippen molar-refractivity contribution in [1.82, 2.24) is 0 Å². The van der Waals surface area contributed by atoms with Crippen molar-refractivity contribution < 1.29 is 9.84 Å². The first-order valence-electron chi connectivity index (χ1n) is 5.31. The fraction of sp³-hybridized carbons (Fsp3) is 0.538. The maximum atomic E-state index is 9.86. The molecule has 2 nitrogen and oxygen atoms in total. The zero-order chi connectivity index (χ0) is 11.4. The van der Waals surface area contributed by atoms with Crippen molar-refractivity contribution in [1.29, 1.82) is 0 Å². The van der Waals surface area contributed by atoms with E-state index in [1.165, 1.54) is 0 Å². The number of hydrogen-bond donors (Lipinski definition) is 1. The molecule has 0 aliphatic carbocycles. The van der Waals surface area contributed by atoms with Crippen LogP contribution < -0.4 is 0 Å². The predicted molar refractivity (Wildman–Crippen MR) is 62.7 cm³/mol. The molecule has 1 N–H and O–H groups in total. The van der Waals surface area contributed by atoms with Gasteiger partial charge in [-0.15, -0.1) is 6.58 Å². The van der Waals surface area contributed by atoms with Gasteiger partial charge in [0.2, 0.25) is 0 Å². The molecule has 1 rings (SSSR count). The Morgan fingerprint density at radius 1 is 1.67 bits per heavy atom. The fourth-order valence-corrected chi connectivity index (χ4v) is 1.86. The summed E-state index contributed by atoms with van der Waals surface area (Å²) in [6.45, 7) is 13.2. The highest BCUT2D eigenvalue weighted by Crippen LogP contribution is 2.28. The van der Waals surface area contributed by atoms with Gasteiger partial charge in [-0.05, 0) is 31.8 Å². The van der Waals surface area contributed by atoms with Crippen LogP contribution in [-0.2, 0) is 4.74 Å². The summed E-state index contributed by atoms with van der Waals surface area (Å²) in [6.07, 6.45) is 3.57. The Balaban J connectivity index is 2.62. The van der Waals surface area contributed by atoms with E-state index in [-0.39, 0.29) is 12.2 Å². The lowest BCUT2D eigenvalue weighted by molar-refractivity contribution is -0.0781. The van der Waals surface area contributed by atoms with Crippen molar-refractivity contribution in [2.24, 2.45) is 0 Å². The summed E-state index contributed by atoms with van der Waals surface area (Å²) in [6, 6.07) is 0. The molecule has 0 spiro atoms. The van der Waals surface area contributed by atoms with E-state index in [0.29, 0.717) is 0 Å². The molecule has 1 fully saturated rings. The maximum absolute atomic E-state index is 9.86. The van der Waals surface area contributed by atoms with E-state index >= 15 is 0 Å². The zero-order valence-corrected chi connectivity index (χ0v) is 9.41. The quantitative estimate of drug-likeness (QED) is 0.720. The molecule has 0 aromatic heterocycles. The Morgan fingerprint density at radius 3 is 2.87 bits per heavy atom. The molecule has 0 aromatic rings. The van der Waals surface area contributed by atoms with E-state index in [1.807, 2.05) is 13.0 Å². The molecular weight excluding hydrogens is 188 g/mol. The van der Waals surface area contributed by atoms with Crippen LogP contribution in [0.25, 0.3) is 0 Å². The highest BCUT2D eigenvalue weighted by Gasteiger charge is 2.29. The SMILES string of the molecule is C=CC[C@H]1CC(=C)C[C@@H](C(O)C(=C)C)O1. The van der Waals surface area contributed by atoms with E-state index in [4.69, 9.17) is 4.74 Å². The van der Waals surface area contributed by atoms with Crippen molar-refractivity contribution in [3.8, 4) is 0 Å². The van der Waals surface area contributed by atoms with Crippen LogP contribution in [0.4, 0.5) is 0 Å². The van der Waals surface area contributed by atoms with Crippen LogP contribution in [0.5, 0.6) is 0 Å². The molecule has 0 aromatic carbocycles. The summed E-state index contributed by atoms with van der Waals surface area (Å²) in [5, 5.41) is 9.86. The van der Waals surface area contributed by atoms with Gasteiger partial charge in [-0.3, -0.25) is 0 Å². The molecule has 1 aliphatic rings. The molecule has 84 valence electrons. The van der Waals surface area contributed by atoms with Crippen LogP contribution in [0.3, 0.4) is 0 Å². The van der Waals surface area contributed by atoms with Crippen LogP contribution in [-0.4, -0.2) is 23.4 Å². The molecule has 1 heterocycles. The van der Waals surface area contributed by atoms with Gasteiger partial charge in [-0.2, -0.15) is 0 Å². The number of aliphatic hydroxyl groups is 1. The normalized spacial score (nSPS) is 28.5. The third-order valence-electron chi connectivity index (χ3n) is 2.66. The molecule has 0 saturated carbocycles. The van der Waals surface area contributed by atoms with Gasteiger partial charge in [0.05, 0.1) is 12.2 Å². The Hall–Kier alpha value is -0.860. The topological polar surface area (TPSA) is 29.5 Å². The monoisotopic (exact) mass is 208 g/mol. The van der Waals surface area contributed by atoms with E-state index in [1.54, 1.807) is 0 Å². The largest absolute Gasteiger partial charge is 0.386 e. The summed E-state index contributed by atoms with van der Waals surface area (Å²) in [5.41, 5.74) is 1.88. The number of ether oxygens (including phenoxy) is 1. The summed E-state index contributed by atoms with van der Waals surface area (Å²) in [7, 11) is 0. The first-order chi connectivity index (χ1) is 7.04. The van der Waals surface area contributed by atoms with Crippen LogP contribution in [0, 0.1) is 0 Å². The summed E-state index contributed by atoms with van der Waals surface area (Å²) >= 11 is 0. The standard InChI is InChI=1S/C13H20O2/c1-5-6-11-7-10(4)8-12(15-11)13(14)9(2)3/h5,11-14H,1-2,4,6-8H2,3H3/t11-,12-,13?/m0/s1. The van der Waals surface area contributed by atoms with Crippen molar-refractivity contribution in [3.05, 3.63) is 37.0 Å². The number of aliphatic hydroxyl groups excluding tert-OH is 1. The molecule has 2 heteroatoms. The second kappa shape index (κ2) is 5.29. The van der Waals surface area contributed by atoms with Crippen LogP contribution in [0.15, 0.2) is 37.0 Å². The molecule has 3 atom stereocenters. The first-order valence-corrected chi connectivity index (χ1v) is 5.31. The van der Waals surface area contributed by atoms with Gasteiger partial charge < -0.3 is 9.84 Å². The van der Waals surface area contributed by atoms with E-state index < -0.39 is 6.10 Å². The molecular formula is C13H20O2. The molecule has 0 amide bonds. The number of rotatable bonds is 4. The van der Waals surface area contributed by atoms with Gasteiger partial charge in [0.15, 0.2) is 0 Å². The highest BCUT2D eigenvalue weighted by atomic mass is 16.5. The Labute approximate surface area is 92.0 Å². The Bertz CT molecular complexity index is 268. The lowest BCUT2D eigenvalue weighted by Gasteiger charge is -2.34. The molecule has 0 bridgehead atoms. The van der Waals surface area contributed by atoms with E-state index in [0.717, 1.165) is 30.4 Å². The molecule has 0 radical (unpaired) electrons. The average Bonchev–Trinajstić information content (AvgIpc) is 2.16. The lowest BCUT2D eigenvalue weighted by Crippen LogP contribution is -2.37. The lowest BCUT2D eigenvalue weighted by atomic mass is 9.93. The van der Waals surface area contributed by atoms with Gasteiger partial charge in [0, 0.05) is 0 Å². The summed E-state index contributed by atoms with van der Waals surface area (Å²) < 4.78 is 5.78. The van der Waals surface area contributed by atoms with Crippen LogP contribution in [0.1, 0.15) is 26.2 Å². The molecule has 1 saturated heterocycles. The minimum absolute atomic E-state index is 0.114. The predicted octanol–water partition coefficient (Wildman–Crippen LogP) is 2.60. The maximum Gasteiger partial charge on any atom is 0.101 e. The van der Waals surface area contributed by atoms with E-state index in [2.05, 4.69) is 19.7 Å². The second-order valence-electron chi connectivity index (χ2n) is 4.27. The van der Waals surface area contributed by atoms with E-state index in [9.17, 15) is 5.11 Å². The Morgan fingerprint density at radius 2 is 2.33 bits per heavy atom. The minimum atomic E-state index is -0.589. The molecule has 1 aliphatic heterocycles. The van der Waals surface area contributed by atoms with Crippen molar-refractivity contribution in [3.63, 3.8) is 0 Å². The number of hydrogen-bond acceptors (Lipinski definition) is 2. The van der Waals surface area contributed by atoms with Crippen molar-refractivity contribution in [2.45, 2.75) is 44.5 Å². The fourth-order valence-electron chi connectivity index (χ4n) is 1.86. The van der Waals surface area contributed by atoms with Crippen molar-refractivity contribution >= 4 is 0 Å². The third-order valence-corrected chi connectivity index (χ3v) is 2.66. The van der Waals surface area contributed by atoms with Gasteiger partial charge in [-0.25, -0.2) is 0 Å². The first kappa shape index (κ1) is 12.2. The second-order valence-corrected chi connectivity index (χ2v) is 4.27. The summed E-state index contributed by atoms with van der Waals surface area (Å²) in [5.74, 6) is 0. The average molecular weight is 208 g/mol. The third kappa shape index (κ3) is 3.33. The minimum Gasteiger partial charge on any atom is -0.386 e. The smallest absolute Gasteiger partial charge is 0.101 e. The van der Waals surface area contributed by atoms with Crippen molar-refractivity contribution in [2.75, 3.05) is 0 Å². The van der Waals surface area contributed by atoms with Gasteiger partial charge >= 0.3 is 0 Å². The highest BCUT2D eigenvalue weighted by molar-refractivity contribution is 5.09.